The third-order valence-corrected chi connectivity index (χ3v) is 13.8. The molecular formula is C58H39NO. The summed E-state index contributed by atoms with van der Waals surface area (Å²) in [6.45, 7) is 4.63. The Hall–Kier alpha value is -7.42. The first-order chi connectivity index (χ1) is 29.6. The summed E-state index contributed by atoms with van der Waals surface area (Å²) >= 11 is 0. The Kier molecular flexibility index (Phi) is 6.88. The van der Waals surface area contributed by atoms with E-state index in [1.165, 1.54) is 89.3 Å². The Morgan fingerprint density at radius 1 is 0.550 bits per heavy atom. The number of furan rings is 1. The van der Waals surface area contributed by atoms with Crippen molar-refractivity contribution in [3.05, 3.63) is 237 Å². The van der Waals surface area contributed by atoms with Crippen LogP contribution in [0, 0.1) is 19.3 Å². The molecule has 0 N–H and O–H groups in total. The van der Waals surface area contributed by atoms with Gasteiger partial charge in [0, 0.05) is 28.5 Å². The van der Waals surface area contributed by atoms with Crippen LogP contribution < -0.4 is 4.90 Å². The maximum Gasteiger partial charge on any atom is 0.136 e. The van der Waals surface area contributed by atoms with Crippen molar-refractivity contribution >= 4 is 56.6 Å². The van der Waals surface area contributed by atoms with Gasteiger partial charge in [0.15, 0.2) is 0 Å². The highest BCUT2D eigenvalue weighted by molar-refractivity contribution is 6.14. The highest BCUT2D eigenvalue weighted by Crippen LogP contribution is 2.64. The van der Waals surface area contributed by atoms with Crippen molar-refractivity contribution in [3.8, 4) is 22.3 Å². The van der Waals surface area contributed by atoms with Crippen LogP contribution >= 0.6 is 0 Å². The smallest absolute Gasteiger partial charge is 0.136 e. The molecule has 1 heterocycles. The van der Waals surface area contributed by atoms with Crippen molar-refractivity contribution in [1.29, 1.82) is 0 Å². The predicted octanol–water partition coefficient (Wildman–Crippen LogP) is 15.0. The van der Waals surface area contributed by atoms with Gasteiger partial charge in [0.05, 0.1) is 16.8 Å². The van der Waals surface area contributed by atoms with Gasteiger partial charge in [-0.3, -0.25) is 0 Å². The highest BCUT2D eigenvalue weighted by atomic mass is 16.3. The Morgan fingerprint density at radius 2 is 1.18 bits per heavy atom. The van der Waals surface area contributed by atoms with Gasteiger partial charge in [-0.05, 0) is 134 Å². The van der Waals surface area contributed by atoms with Crippen LogP contribution in [-0.4, -0.2) is 0 Å². The van der Waals surface area contributed by atoms with E-state index in [4.69, 9.17) is 4.42 Å². The number of hydrogen-bond donors (Lipinski definition) is 0. The van der Waals surface area contributed by atoms with Crippen LogP contribution in [0.5, 0.6) is 0 Å². The Labute approximate surface area is 349 Å². The van der Waals surface area contributed by atoms with E-state index in [2.05, 4.69) is 207 Å². The number of rotatable bonds is 4. The summed E-state index contributed by atoms with van der Waals surface area (Å²) in [6, 6.07) is 53.3. The van der Waals surface area contributed by atoms with E-state index >= 15 is 0 Å². The van der Waals surface area contributed by atoms with E-state index in [0.29, 0.717) is 0 Å². The topological polar surface area (TPSA) is 16.4 Å². The van der Waals surface area contributed by atoms with Crippen LogP contribution in [-0.2, 0) is 6.42 Å². The molecule has 7 aromatic carbocycles. The lowest BCUT2D eigenvalue weighted by Crippen LogP contribution is -2.38. The molecule has 13 rings (SSSR count). The van der Waals surface area contributed by atoms with Crippen LogP contribution in [0.1, 0.15) is 44.5 Å². The van der Waals surface area contributed by atoms with Crippen molar-refractivity contribution in [2.45, 2.75) is 20.3 Å². The zero-order valence-corrected chi connectivity index (χ0v) is 33.5. The van der Waals surface area contributed by atoms with Gasteiger partial charge in [-0.25, -0.2) is 0 Å². The van der Waals surface area contributed by atoms with Gasteiger partial charge in [-0.2, -0.15) is 0 Å². The fraction of sp³-hybridized carbons (Fsp3) is 0.0690. The number of anilines is 2. The molecule has 0 bridgehead atoms. The van der Waals surface area contributed by atoms with E-state index in [1.807, 2.05) is 0 Å². The van der Waals surface area contributed by atoms with Crippen LogP contribution in [0.25, 0.3) is 67.5 Å². The third-order valence-electron chi connectivity index (χ3n) is 13.8. The van der Waals surface area contributed by atoms with Gasteiger partial charge in [0.25, 0.3) is 0 Å². The first-order valence-electron chi connectivity index (χ1n) is 21.1. The summed E-state index contributed by atoms with van der Waals surface area (Å²) in [5.74, 6) is 0. The zero-order valence-electron chi connectivity index (χ0n) is 33.5. The van der Waals surface area contributed by atoms with Crippen molar-refractivity contribution in [2.75, 3.05) is 4.90 Å². The lowest BCUT2D eigenvalue weighted by atomic mass is 9.63. The van der Waals surface area contributed by atoms with Gasteiger partial charge >= 0.3 is 0 Å². The van der Waals surface area contributed by atoms with Gasteiger partial charge in [0.2, 0.25) is 0 Å². The summed E-state index contributed by atoms with van der Waals surface area (Å²) in [5.41, 5.74) is 25.4. The summed E-state index contributed by atoms with van der Waals surface area (Å²) in [4.78, 5) is 2.68. The monoisotopic (exact) mass is 765 g/mol. The minimum atomic E-state index is -0.623. The summed E-state index contributed by atoms with van der Waals surface area (Å²) in [6.07, 6.45) is 17.8. The van der Waals surface area contributed by atoms with Gasteiger partial charge in [-0.1, -0.05) is 152 Å². The van der Waals surface area contributed by atoms with Gasteiger partial charge in [-0.15, -0.1) is 0 Å². The number of benzene rings is 7. The molecule has 1 unspecified atom stereocenters. The van der Waals surface area contributed by atoms with Crippen molar-refractivity contribution < 1.29 is 4.42 Å². The van der Waals surface area contributed by atoms with Crippen LogP contribution in [0.3, 0.4) is 0 Å². The standard InChI is InChI=1S/C58H39NO/c1-35-31-48-42-20-8-3-15-37(42)32-49(48)57(36(35)2)59(52-25-11-9-21-45(52)46-23-13-27-54-56(46)47-22-10-12-26-53(47)60-54)55-29-28-44-41-19-7-5-17-39(41)34-51(44)58(55)30-14-24-43-40-18-6-4-16-38(40)33-50(43)58/h3-31,33-34H,32H2,1-2H3. The lowest BCUT2D eigenvalue weighted by Gasteiger charge is -2.47. The number of fused-ring (bicyclic) bond motifs is 14. The zero-order chi connectivity index (χ0) is 39.7. The van der Waals surface area contributed by atoms with E-state index in [1.54, 1.807) is 0 Å². The second-order valence-corrected chi connectivity index (χ2v) is 16.8. The maximum atomic E-state index is 6.53. The molecule has 1 aromatic heterocycles. The molecule has 5 aliphatic rings. The van der Waals surface area contributed by atoms with Crippen molar-refractivity contribution in [1.82, 2.24) is 0 Å². The lowest BCUT2D eigenvalue weighted by molar-refractivity contribution is 0.669. The molecule has 0 saturated heterocycles. The number of para-hydroxylation sites is 2. The second kappa shape index (κ2) is 12.3. The molecule has 8 aromatic rings. The largest absolute Gasteiger partial charge is 0.456 e. The molecule has 0 fully saturated rings. The predicted molar refractivity (Wildman–Crippen MR) is 250 cm³/mol. The minimum absolute atomic E-state index is 0.623. The second-order valence-electron chi connectivity index (χ2n) is 16.8. The molecule has 0 amide bonds. The molecule has 0 saturated carbocycles. The molecule has 282 valence electrons. The summed E-state index contributed by atoms with van der Waals surface area (Å²) < 4.78 is 6.53. The van der Waals surface area contributed by atoms with Crippen molar-refractivity contribution in [2.24, 2.45) is 5.41 Å². The molecule has 2 nitrogen and oxygen atoms in total. The van der Waals surface area contributed by atoms with Crippen molar-refractivity contribution in [3.63, 3.8) is 0 Å². The maximum absolute atomic E-state index is 6.53. The number of aryl methyl sites for hydroxylation is 1. The minimum Gasteiger partial charge on any atom is -0.456 e. The Morgan fingerprint density at radius 3 is 1.98 bits per heavy atom. The summed E-state index contributed by atoms with van der Waals surface area (Å²) in [7, 11) is 0. The van der Waals surface area contributed by atoms with E-state index < -0.39 is 5.41 Å². The van der Waals surface area contributed by atoms with Crippen LogP contribution in [0.15, 0.2) is 197 Å². The quantitative estimate of drug-likeness (QED) is 0.177. The molecule has 1 spiro atoms. The average molecular weight is 766 g/mol. The molecule has 0 aliphatic heterocycles. The van der Waals surface area contributed by atoms with Gasteiger partial charge < -0.3 is 9.32 Å². The number of hydrogen-bond acceptors (Lipinski definition) is 2. The van der Waals surface area contributed by atoms with E-state index in [0.717, 1.165) is 45.2 Å². The SMILES string of the molecule is Cc1cc2c(c(N(C3=CC=C4C(=Cc5ccccc54)C34C=CC=C3C4=Cc4ccccc43)c3ccccc3-c3cccc4oc5ccccc5c34)c1C)Cc1ccccc1-2. The molecular weight excluding hydrogens is 727 g/mol. The number of allylic oxidation sites excluding steroid dienone is 7. The molecule has 0 radical (unpaired) electrons. The number of nitrogens with zero attached hydrogens (tertiary/aromatic N) is 1. The average Bonchev–Trinajstić information content (AvgIpc) is 4.07. The fourth-order valence-corrected chi connectivity index (χ4v) is 11.1. The molecule has 60 heavy (non-hydrogen) atoms. The normalized spacial score (nSPS) is 17.6. The Bertz CT molecular complexity index is 3410. The van der Waals surface area contributed by atoms with Crippen LogP contribution in [0.4, 0.5) is 11.4 Å². The molecule has 1 atom stereocenters. The molecule has 5 aliphatic carbocycles. The highest BCUT2D eigenvalue weighted by Gasteiger charge is 2.51. The summed E-state index contributed by atoms with van der Waals surface area (Å²) in [5, 5.41) is 2.26. The Balaban J connectivity index is 1.16. The van der Waals surface area contributed by atoms with Crippen LogP contribution in [0.2, 0.25) is 0 Å². The fourth-order valence-electron chi connectivity index (χ4n) is 11.1. The van der Waals surface area contributed by atoms with E-state index in [9.17, 15) is 0 Å². The first-order valence-corrected chi connectivity index (χ1v) is 21.1. The first kappa shape index (κ1) is 33.5. The van der Waals surface area contributed by atoms with Gasteiger partial charge in [0.1, 0.15) is 11.2 Å². The van der Waals surface area contributed by atoms with E-state index in [-0.39, 0.29) is 0 Å². The third kappa shape index (κ3) is 4.43. The molecule has 2 heteroatoms.